The Kier molecular flexibility index (Phi) is 6.73. The molecule has 2 saturated heterocycles. The zero-order valence-corrected chi connectivity index (χ0v) is 24.9. The number of imidazole rings is 1. The Labute approximate surface area is 261 Å². The van der Waals surface area contributed by atoms with E-state index in [-0.39, 0.29) is 11.8 Å². The Hall–Kier alpha value is -4.86. The number of anilines is 1. The van der Waals surface area contributed by atoms with Gasteiger partial charge in [0, 0.05) is 49.5 Å². The number of pyridine rings is 2. The quantitative estimate of drug-likeness (QED) is 0.261. The molecule has 0 bridgehead atoms. The molecule has 3 fully saturated rings. The Bertz CT molecular complexity index is 1890. The average Bonchev–Trinajstić information content (AvgIpc) is 3.49. The zero-order chi connectivity index (χ0) is 30.7. The van der Waals surface area contributed by atoms with Crippen LogP contribution in [0.2, 0.25) is 0 Å². The molecule has 226 valence electrons. The standard InChI is InChI=1S/C36H35N7O2/c1-2-31(44)42-20-27-28(21-42)32(27)36(45)41-18-16-24(19-41)22-10-12-25(13-11-22)43-34(26-9-6-17-38-33(26)37)40-30-15-14-29(39-35(30)43)23-7-4-3-5-8-23/h2-15,17,24,27-28,32,36,45H,1,16,18-21H2,(H2,37,38)/t24?,27-,28+,32?,36?. The number of benzene rings is 2. The lowest BCUT2D eigenvalue weighted by Crippen LogP contribution is -2.39. The van der Waals surface area contributed by atoms with E-state index in [1.807, 2.05) is 47.4 Å². The van der Waals surface area contributed by atoms with Gasteiger partial charge in [-0.15, -0.1) is 0 Å². The van der Waals surface area contributed by atoms with Crippen molar-refractivity contribution in [1.29, 1.82) is 0 Å². The molecule has 5 heterocycles. The minimum absolute atomic E-state index is 0.00717. The van der Waals surface area contributed by atoms with Crippen LogP contribution in [0, 0.1) is 17.8 Å². The fraction of sp³-hybridized carbons (Fsp3) is 0.278. The van der Waals surface area contributed by atoms with Crippen molar-refractivity contribution in [2.75, 3.05) is 31.9 Å². The highest BCUT2D eigenvalue weighted by atomic mass is 16.3. The number of carbonyl (C=O) groups is 1. The largest absolute Gasteiger partial charge is 0.383 e. The van der Waals surface area contributed by atoms with Crippen LogP contribution < -0.4 is 5.73 Å². The fourth-order valence-electron chi connectivity index (χ4n) is 7.52. The number of aliphatic hydroxyl groups excluding tert-OH is 1. The first-order chi connectivity index (χ1) is 22.0. The number of nitrogens with zero attached hydrogens (tertiary/aromatic N) is 6. The SMILES string of the molecule is C=CC(=O)N1C[C@@H]2C(C(O)N3CCC(c4ccc(-n5c(-c6cccnc6N)nc6ccc(-c7ccccc7)nc65)cc4)C3)[C@@H]2C1. The van der Waals surface area contributed by atoms with Crippen molar-refractivity contribution in [3.63, 3.8) is 0 Å². The van der Waals surface area contributed by atoms with Gasteiger partial charge in [-0.25, -0.2) is 15.0 Å². The summed E-state index contributed by atoms with van der Waals surface area (Å²) in [5, 5.41) is 11.2. The van der Waals surface area contributed by atoms with Crippen LogP contribution in [-0.4, -0.2) is 72.7 Å². The van der Waals surface area contributed by atoms with Crippen molar-refractivity contribution in [2.45, 2.75) is 18.6 Å². The van der Waals surface area contributed by atoms with Gasteiger partial charge in [0.25, 0.3) is 0 Å². The third kappa shape index (κ3) is 4.79. The van der Waals surface area contributed by atoms with Crippen LogP contribution in [0.1, 0.15) is 17.9 Å². The maximum Gasteiger partial charge on any atom is 0.245 e. The van der Waals surface area contributed by atoms with Crippen molar-refractivity contribution in [2.24, 2.45) is 17.8 Å². The highest BCUT2D eigenvalue weighted by molar-refractivity contribution is 5.87. The lowest BCUT2D eigenvalue weighted by molar-refractivity contribution is -0.126. The monoisotopic (exact) mass is 597 g/mol. The van der Waals surface area contributed by atoms with Crippen molar-refractivity contribution >= 4 is 22.9 Å². The second-order valence-electron chi connectivity index (χ2n) is 12.5. The maximum atomic E-state index is 12.0. The molecule has 3 unspecified atom stereocenters. The number of carbonyl (C=O) groups excluding carboxylic acids is 1. The summed E-state index contributed by atoms with van der Waals surface area (Å²) in [6.07, 6.45) is 3.60. The number of hydrogen-bond donors (Lipinski definition) is 2. The Morgan fingerprint density at radius 1 is 0.956 bits per heavy atom. The number of rotatable bonds is 7. The van der Waals surface area contributed by atoms with Crippen LogP contribution in [0.5, 0.6) is 0 Å². The molecule has 1 saturated carbocycles. The van der Waals surface area contributed by atoms with Gasteiger partial charge >= 0.3 is 0 Å². The number of nitrogens with two attached hydrogens (primary N) is 1. The van der Waals surface area contributed by atoms with E-state index in [1.165, 1.54) is 11.6 Å². The van der Waals surface area contributed by atoms with Gasteiger partial charge in [0.15, 0.2) is 11.5 Å². The van der Waals surface area contributed by atoms with E-state index < -0.39 is 6.23 Å². The summed E-state index contributed by atoms with van der Waals surface area (Å²) in [5.41, 5.74) is 12.7. The summed E-state index contributed by atoms with van der Waals surface area (Å²) in [6.45, 7) is 6.75. The zero-order valence-electron chi connectivity index (χ0n) is 24.9. The predicted octanol–water partition coefficient (Wildman–Crippen LogP) is 4.73. The molecule has 3 N–H and O–H groups in total. The second kappa shape index (κ2) is 10.9. The fourth-order valence-corrected chi connectivity index (χ4v) is 7.52. The van der Waals surface area contributed by atoms with Crippen LogP contribution in [0.3, 0.4) is 0 Å². The number of fused-ring (bicyclic) bond motifs is 2. The molecular formula is C36H35N7O2. The smallest absolute Gasteiger partial charge is 0.245 e. The molecule has 2 aliphatic heterocycles. The van der Waals surface area contributed by atoms with E-state index in [9.17, 15) is 9.90 Å². The highest BCUT2D eigenvalue weighted by Gasteiger charge is 2.60. The third-order valence-corrected chi connectivity index (χ3v) is 9.96. The molecule has 0 radical (unpaired) electrons. The van der Waals surface area contributed by atoms with Gasteiger partial charge in [-0.2, -0.15) is 0 Å². The van der Waals surface area contributed by atoms with Gasteiger partial charge in [-0.1, -0.05) is 49.0 Å². The number of piperidine rings is 1. The summed E-state index contributed by atoms with van der Waals surface area (Å²) >= 11 is 0. The molecule has 1 amide bonds. The van der Waals surface area contributed by atoms with Crippen LogP contribution in [-0.2, 0) is 4.79 Å². The maximum absolute atomic E-state index is 12.0. The van der Waals surface area contributed by atoms with Crippen LogP contribution >= 0.6 is 0 Å². The van der Waals surface area contributed by atoms with Crippen LogP contribution in [0.4, 0.5) is 5.82 Å². The molecule has 45 heavy (non-hydrogen) atoms. The normalized spacial score (nSPS) is 23.3. The molecule has 3 aliphatic rings. The van der Waals surface area contributed by atoms with Crippen LogP contribution in [0.25, 0.3) is 39.5 Å². The second-order valence-corrected chi connectivity index (χ2v) is 12.5. The molecule has 8 rings (SSSR count). The summed E-state index contributed by atoms with van der Waals surface area (Å²) in [7, 11) is 0. The molecule has 1 aliphatic carbocycles. The number of hydrogen-bond acceptors (Lipinski definition) is 7. The van der Waals surface area contributed by atoms with Gasteiger partial charge < -0.3 is 15.7 Å². The van der Waals surface area contributed by atoms with Gasteiger partial charge in [-0.05, 0) is 72.2 Å². The van der Waals surface area contributed by atoms with Crippen LogP contribution in [0.15, 0.2) is 97.7 Å². The third-order valence-electron chi connectivity index (χ3n) is 9.96. The molecule has 2 aromatic carbocycles. The molecule has 9 heteroatoms. The molecule has 9 nitrogen and oxygen atoms in total. The Balaban J connectivity index is 1.06. The van der Waals surface area contributed by atoms with E-state index in [0.29, 0.717) is 29.4 Å². The average molecular weight is 598 g/mol. The number of likely N-dealkylation sites (tertiary alicyclic amines) is 2. The summed E-state index contributed by atoms with van der Waals surface area (Å²) in [5.74, 6) is 2.48. The van der Waals surface area contributed by atoms with E-state index in [0.717, 1.165) is 66.3 Å². The molecule has 5 aromatic rings. The number of amides is 1. The lowest BCUT2D eigenvalue weighted by Gasteiger charge is -2.26. The van der Waals surface area contributed by atoms with Crippen molar-refractivity contribution in [3.8, 4) is 28.3 Å². The van der Waals surface area contributed by atoms with E-state index in [1.54, 1.807) is 6.20 Å². The number of aliphatic hydroxyl groups is 1. The van der Waals surface area contributed by atoms with Gasteiger partial charge in [0.05, 0.1) is 11.3 Å². The minimum atomic E-state index is -0.458. The van der Waals surface area contributed by atoms with Crippen molar-refractivity contribution in [1.82, 2.24) is 29.3 Å². The minimum Gasteiger partial charge on any atom is -0.383 e. The van der Waals surface area contributed by atoms with Gasteiger partial charge in [-0.3, -0.25) is 14.3 Å². The first-order valence-electron chi connectivity index (χ1n) is 15.6. The Morgan fingerprint density at radius 3 is 2.47 bits per heavy atom. The molecular weight excluding hydrogens is 562 g/mol. The van der Waals surface area contributed by atoms with E-state index >= 15 is 0 Å². The first kappa shape index (κ1) is 27.7. The first-order valence-corrected chi connectivity index (χ1v) is 15.6. The Morgan fingerprint density at radius 2 is 1.73 bits per heavy atom. The van der Waals surface area contributed by atoms with Gasteiger partial charge in [0.2, 0.25) is 5.91 Å². The van der Waals surface area contributed by atoms with Crippen molar-refractivity contribution < 1.29 is 9.90 Å². The predicted molar refractivity (Wildman–Crippen MR) is 174 cm³/mol. The molecule has 5 atom stereocenters. The molecule has 0 spiro atoms. The number of aromatic nitrogens is 4. The number of nitrogen functional groups attached to an aromatic ring is 1. The molecule has 3 aromatic heterocycles. The summed E-state index contributed by atoms with van der Waals surface area (Å²) in [6, 6.07) is 26.6. The van der Waals surface area contributed by atoms with E-state index in [2.05, 4.69) is 57.4 Å². The summed E-state index contributed by atoms with van der Waals surface area (Å²) < 4.78 is 2.07. The topological polar surface area (TPSA) is 113 Å². The van der Waals surface area contributed by atoms with E-state index in [4.69, 9.17) is 15.7 Å². The highest BCUT2D eigenvalue weighted by Crippen LogP contribution is 2.54. The summed E-state index contributed by atoms with van der Waals surface area (Å²) in [4.78, 5) is 30.4. The van der Waals surface area contributed by atoms with Gasteiger partial charge in [0.1, 0.15) is 17.6 Å². The lowest BCUT2D eigenvalue weighted by atomic mass is 9.98. The van der Waals surface area contributed by atoms with Crippen molar-refractivity contribution in [3.05, 3.63) is 103 Å².